The molecule has 0 aliphatic carbocycles. The fraction of sp³-hybridized carbons (Fsp3) is 0.579. The van der Waals surface area contributed by atoms with E-state index in [1.54, 1.807) is 26.2 Å². The second-order valence-electron chi connectivity index (χ2n) is 6.32. The first-order valence-corrected chi connectivity index (χ1v) is 8.84. The minimum atomic E-state index is -0.268. The molecule has 1 heterocycles. The van der Waals surface area contributed by atoms with E-state index < -0.39 is 0 Å². The number of benzene rings is 1. The number of likely N-dealkylation sites (tertiary alicyclic amines) is 1. The number of methoxy groups -OCH3 is 3. The quantitative estimate of drug-likeness (QED) is 0.632. The SMILES string of the molecule is COCCCNC(=O)[C@@H]1CC(=O)N(CCc2ccc(OC)c(OC)c2)C1. The lowest BCUT2D eigenvalue weighted by molar-refractivity contribution is -0.129. The van der Waals surface area contributed by atoms with E-state index >= 15 is 0 Å². The first-order chi connectivity index (χ1) is 12.6. The topological polar surface area (TPSA) is 77.1 Å². The standard InChI is InChI=1S/C19H28N2O5/c1-24-10-4-8-20-19(23)15-12-18(22)21(13-15)9-7-14-5-6-16(25-2)17(11-14)26-3/h5-6,11,15H,4,7-10,12-13H2,1-3H3,(H,20,23)/t15-/m1/s1. The molecule has 7 nitrogen and oxygen atoms in total. The minimum absolute atomic E-state index is 0.0301. The first-order valence-electron chi connectivity index (χ1n) is 8.84. The van der Waals surface area contributed by atoms with Crippen LogP contribution in [0.4, 0.5) is 0 Å². The number of rotatable bonds is 10. The molecule has 1 N–H and O–H groups in total. The fourth-order valence-electron chi connectivity index (χ4n) is 3.04. The zero-order chi connectivity index (χ0) is 18.9. The van der Waals surface area contributed by atoms with Crippen LogP contribution in [0.1, 0.15) is 18.4 Å². The molecule has 1 atom stereocenters. The summed E-state index contributed by atoms with van der Waals surface area (Å²) in [5.74, 6) is 1.06. The van der Waals surface area contributed by atoms with Crippen LogP contribution in [0.3, 0.4) is 0 Å². The Morgan fingerprint density at radius 3 is 2.69 bits per heavy atom. The van der Waals surface area contributed by atoms with Crippen LogP contribution in [0, 0.1) is 5.92 Å². The van der Waals surface area contributed by atoms with Crippen LogP contribution in [0.5, 0.6) is 11.5 Å². The van der Waals surface area contributed by atoms with Crippen molar-refractivity contribution in [2.75, 3.05) is 47.6 Å². The summed E-state index contributed by atoms with van der Waals surface area (Å²) in [4.78, 5) is 26.1. The number of carbonyl (C=O) groups excluding carboxylic acids is 2. The van der Waals surface area contributed by atoms with Crippen LogP contribution in [-0.4, -0.2) is 64.3 Å². The molecule has 26 heavy (non-hydrogen) atoms. The Labute approximate surface area is 154 Å². The van der Waals surface area contributed by atoms with E-state index in [0.29, 0.717) is 44.2 Å². The largest absolute Gasteiger partial charge is 0.493 e. The maximum absolute atomic E-state index is 12.2. The molecular weight excluding hydrogens is 336 g/mol. The molecule has 1 saturated heterocycles. The average Bonchev–Trinajstić information content (AvgIpc) is 3.04. The molecule has 144 valence electrons. The van der Waals surface area contributed by atoms with Crippen LogP contribution in [0.15, 0.2) is 18.2 Å². The Hall–Kier alpha value is -2.28. The van der Waals surface area contributed by atoms with Gasteiger partial charge in [-0.1, -0.05) is 6.07 Å². The third kappa shape index (κ3) is 5.36. The van der Waals surface area contributed by atoms with Crippen LogP contribution < -0.4 is 14.8 Å². The second-order valence-corrected chi connectivity index (χ2v) is 6.32. The summed E-state index contributed by atoms with van der Waals surface area (Å²) in [6, 6.07) is 5.73. The van der Waals surface area contributed by atoms with E-state index in [2.05, 4.69) is 5.32 Å². The fourth-order valence-corrected chi connectivity index (χ4v) is 3.04. The molecule has 1 aromatic rings. The smallest absolute Gasteiger partial charge is 0.225 e. The normalized spacial score (nSPS) is 16.7. The molecule has 0 spiro atoms. The monoisotopic (exact) mass is 364 g/mol. The van der Waals surface area contributed by atoms with Gasteiger partial charge in [-0.25, -0.2) is 0 Å². The molecule has 0 saturated carbocycles. The van der Waals surface area contributed by atoms with Crippen molar-refractivity contribution in [2.45, 2.75) is 19.3 Å². The number of hydrogen-bond donors (Lipinski definition) is 1. The van der Waals surface area contributed by atoms with Gasteiger partial charge in [-0.15, -0.1) is 0 Å². The highest BCUT2D eigenvalue weighted by molar-refractivity contribution is 5.89. The van der Waals surface area contributed by atoms with Gasteiger partial charge in [-0.2, -0.15) is 0 Å². The first kappa shape index (κ1) is 20.0. The van der Waals surface area contributed by atoms with Crippen LogP contribution in [0.2, 0.25) is 0 Å². The van der Waals surface area contributed by atoms with Crippen LogP contribution in [0.25, 0.3) is 0 Å². The Bertz CT molecular complexity index is 620. The molecule has 0 radical (unpaired) electrons. The van der Waals surface area contributed by atoms with E-state index in [0.717, 1.165) is 12.0 Å². The van der Waals surface area contributed by atoms with Crippen molar-refractivity contribution in [2.24, 2.45) is 5.92 Å². The van der Waals surface area contributed by atoms with Gasteiger partial charge in [0.15, 0.2) is 11.5 Å². The van der Waals surface area contributed by atoms with E-state index in [9.17, 15) is 9.59 Å². The van der Waals surface area contributed by atoms with Gasteiger partial charge in [-0.3, -0.25) is 9.59 Å². The molecule has 1 aromatic carbocycles. The molecule has 0 bridgehead atoms. The summed E-state index contributed by atoms with van der Waals surface area (Å²) < 4.78 is 15.5. The number of carbonyl (C=O) groups is 2. The Morgan fingerprint density at radius 2 is 2.00 bits per heavy atom. The number of nitrogens with zero attached hydrogens (tertiary/aromatic N) is 1. The highest BCUT2D eigenvalue weighted by atomic mass is 16.5. The predicted molar refractivity (Wildman–Crippen MR) is 97.4 cm³/mol. The van der Waals surface area contributed by atoms with Crippen molar-refractivity contribution in [3.63, 3.8) is 0 Å². The van der Waals surface area contributed by atoms with Crippen molar-refractivity contribution in [3.8, 4) is 11.5 Å². The van der Waals surface area contributed by atoms with E-state index in [1.165, 1.54) is 0 Å². The van der Waals surface area contributed by atoms with Crippen LogP contribution >= 0.6 is 0 Å². The zero-order valence-electron chi connectivity index (χ0n) is 15.7. The van der Waals surface area contributed by atoms with Gasteiger partial charge in [0.2, 0.25) is 11.8 Å². The Balaban J connectivity index is 1.83. The van der Waals surface area contributed by atoms with Crippen molar-refractivity contribution in [1.82, 2.24) is 10.2 Å². The third-order valence-corrected chi connectivity index (χ3v) is 4.53. The molecule has 1 fully saturated rings. The van der Waals surface area contributed by atoms with Gasteiger partial charge in [0, 0.05) is 39.8 Å². The van der Waals surface area contributed by atoms with E-state index in [4.69, 9.17) is 14.2 Å². The lowest BCUT2D eigenvalue weighted by Crippen LogP contribution is -2.34. The van der Waals surface area contributed by atoms with E-state index in [-0.39, 0.29) is 24.2 Å². The summed E-state index contributed by atoms with van der Waals surface area (Å²) >= 11 is 0. The highest BCUT2D eigenvalue weighted by Crippen LogP contribution is 2.28. The Morgan fingerprint density at radius 1 is 1.23 bits per heavy atom. The maximum Gasteiger partial charge on any atom is 0.225 e. The lowest BCUT2D eigenvalue weighted by atomic mass is 10.1. The molecule has 1 aliphatic rings. The number of nitrogens with one attached hydrogen (secondary N) is 1. The van der Waals surface area contributed by atoms with Gasteiger partial charge in [-0.05, 0) is 30.5 Å². The molecule has 1 aliphatic heterocycles. The van der Waals surface area contributed by atoms with Gasteiger partial charge < -0.3 is 24.4 Å². The number of hydrogen-bond acceptors (Lipinski definition) is 5. The maximum atomic E-state index is 12.2. The van der Waals surface area contributed by atoms with Crippen molar-refractivity contribution in [3.05, 3.63) is 23.8 Å². The summed E-state index contributed by atoms with van der Waals surface area (Å²) in [5, 5.41) is 2.87. The summed E-state index contributed by atoms with van der Waals surface area (Å²) in [6.07, 6.45) is 1.75. The summed E-state index contributed by atoms with van der Waals surface area (Å²) in [5.41, 5.74) is 1.06. The Kier molecular flexibility index (Phi) is 7.72. The number of ether oxygens (including phenoxy) is 3. The lowest BCUT2D eigenvalue weighted by Gasteiger charge is -2.17. The minimum Gasteiger partial charge on any atom is -0.493 e. The molecule has 7 heteroatoms. The van der Waals surface area contributed by atoms with Gasteiger partial charge in [0.1, 0.15) is 0 Å². The molecule has 2 rings (SSSR count). The molecule has 0 aromatic heterocycles. The third-order valence-electron chi connectivity index (χ3n) is 4.53. The highest BCUT2D eigenvalue weighted by Gasteiger charge is 2.33. The average molecular weight is 364 g/mol. The van der Waals surface area contributed by atoms with Crippen molar-refractivity contribution < 1.29 is 23.8 Å². The summed E-state index contributed by atoms with van der Waals surface area (Å²) in [7, 11) is 4.83. The molecule has 0 unspecified atom stereocenters. The van der Waals surface area contributed by atoms with Gasteiger partial charge >= 0.3 is 0 Å². The predicted octanol–water partition coefficient (Wildman–Crippen LogP) is 1.25. The zero-order valence-corrected chi connectivity index (χ0v) is 15.7. The molecule has 2 amide bonds. The summed E-state index contributed by atoms with van der Waals surface area (Å²) in [6.45, 7) is 2.24. The van der Waals surface area contributed by atoms with Crippen LogP contribution in [-0.2, 0) is 20.7 Å². The second kappa shape index (κ2) is 10.0. The van der Waals surface area contributed by atoms with Gasteiger partial charge in [0.05, 0.1) is 20.1 Å². The van der Waals surface area contributed by atoms with Gasteiger partial charge in [0.25, 0.3) is 0 Å². The van der Waals surface area contributed by atoms with E-state index in [1.807, 2.05) is 18.2 Å². The number of amides is 2. The van der Waals surface area contributed by atoms with Crippen molar-refractivity contribution >= 4 is 11.8 Å². The molecular formula is C19H28N2O5. The van der Waals surface area contributed by atoms with Crippen molar-refractivity contribution in [1.29, 1.82) is 0 Å².